The maximum Gasteiger partial charge on any atom is 0.328 e. The number of carbonyl (C=O) groups excluding carboxylic acids is 2. The molecule has 4 aromatic carbocycles. The molecule has 5 nitrogen and oxygen atoms in total. The highest BCUT2D eigenvalue weighted by atomic mass is 16.5. The first-order chi connectivity index (χ1) is 17.2. The van der Waals surface area contributed by atoms with Crippen molar-refractivity contribution in [2.24, 2.45) is 0 Å². The van der Waals surface area contributed by atoms with Crippen molar-refractivity contribution >= 4 is 22.6 Å². The molecule has 4 aromatic rings. The minimum absolute atomic E-state index is 0.0966. The molecule has 0 bridgehead atoms. The van der Waals surface area contributed by atoms with Crippen molar-refractivity contribution < 1.29 is 19.4 Å². The maximum atomic E-state index is 13.0. The predicted molar refractivity (Wildman–Crippen MR) is 143 cm³/mol. The van der Waals surface area contributed by atoms with Crippen LogP contribution in [-0.4, -0.2) is 30.1 Å². The molecule has 5 heteroatoms. The highest BCUT2D eigenvalue weighted by Gasteiger charge is 2.24. The van der Waals surface area contributed by atoms with Crippen molar-refractivity contribution in [1.29, 1.82) is 0 Å². The van der Waals surface area contributed by atoms with Crippen LogP contribution in [-0.2, 0) is 21.4 Å². The monoisotopic (exact) mass is 481 g/mol. The standard InChI is InChI=1S/C31H31NO4/c1-31(2,3)25-15-13-22(14-16-25)21-11-9-20(10-12-21)17-27(30(35)36-4)32-29(34)26-18-23-7-5-6-8-24(23)19-28(26)33/h5-16,18-19,27,33H,17H2,1-4H3,(H,32,34)/t27-/m0/s1. The number of nitrogens with one attached hydrogen (secondary N) is 1. The normalized spacial score (nSPS) is 12.2. The Balaban J connectivity index is 1.51. The molecular weight excluding hydrogens is 450 g/mol. The van der Waals surface area contributed by atoms with E-state index in [1.807, 2.05) is 48.5 Å². The van der Waals surface area contributed by atoms with E-state index in [1.54, 1.807) is 12.1 Å². The van der Waals surface area contributed by atoms with Crippen molar-refractivity contribution in [2.45, 2.75) is 38.6 Å². The minimum atomic E-state index is -0.898. The van der Waals surface area contributed by atoms with Crippen molar-refractivity contribution in [3.63, 3.8) is 0 Å². The molecule has 36 heavy (non-hydrogen) atoms. The molecule has 0 aliphatic heterocycles. The van der Waals surface area contributed by atoms with E-state index in [2.05, 4.69) is 50.4 Å². The quantitative estimate of drug-likeness (QED) is 0.330. The number of hydrogen-bond acceptors (Lipinski definition) is 4. The summed E-state index contributed by atoms with van der Waals surface area (Å²) in [6.45, 7) is 6.57. The molecule has 0 aliphatic rings. The second-order valence-electron chi connectivity index (χ2n) is 9.99. The van der Waals surface area contributed by atoms with E-state index < -0.39 is 17.9 Å². The van der Waals surface area contributed by atoms with Crippen LogP contribution in [0.15, 0.2) is 84.9 Å². The Morgan fingerprint density at radius 1 is 0.861 bits per heavy atom. The molecule has 0 unspecified atom stereocenters. The molecular formula is C31H31NO4. The molecule has 0 heterocycles. The maximum absolute atomic E-state index is 13.0. The zero-order valence-electron chi connectivity index (χ0n) is 21.0. The summed E-state index contributed by atoms with van der Waals surface area (Å²) in [5.41, 5.74) is 4.54. The Kier molecular flexibility index (Phi) is 7.11. The fraction of sp³-hybridized carbons (Fsp3) is 0.226. The Morgan fingerprint density at radius 2 is 1.42 bits per heavy atom. The lowest BCUT2D eigenvalue weighted by Crippen LogP contribution is -2.43. The fourth-order valence-electron chi connectivity index (χ4n) is 4.21. The number of methoxy groups -OCH3 is 1. The lowest BCUT2D eigenvalue weighted by atomic mass is 9.86. The van der Waals surface area contributed by atoms with Gasteiger partial charge in [-0.15, -0.1) is 0 Å². The van der Waals surface area contributed by atoms with Crippen LogP contribution in [0.1, 0.15) is 42.3 Å². The van der Waals surface area contributed by atoms with Gasteiger partial charge in [0.2, 0.25) is 0 Å². The summed E-state index contributed by atoms with van der Waals surface area (Å²) in [5.74, 6) is -1.23. The SMILES string of the molecule is COC(=O)[C@H](Cc1ccc(-c2ccc(C(C)(C)C)cc2)cc1)NC(=O)c1cc2ccccc2cc1O. The third-order valence-corrected chi connectivity index (χ3v) is 6.38. The molecule has 0 fully saturated rings. The molecule has 0 spiro atoms. The van der Waals surface area contributed by atoms with Gasteiger partial charge >= 0.3 is 5.97 Å². The fourth-order valence-corrected chi connectivity index (χ4v) is 4.21. The summed E-state index contributed by atoms with van der Waals surface area (Å²) >= 11 is 0. The number of fused-ring (bicyclic) bond motifs is 1. The lowest BCUT2D eigenvalue weighted by Gasteiger charge is -2.19. The second kappa shape index (κ2) is 10.2. The largest absolute Gasteiger partial charge is 0.507 e. The van der Waals surface area contributed by atoms with Crippen LogP contribution in [0.2, 0.25) is 0 Å². The van der Waals surface area contributed by atoms with Gasteiger partial charge in [-0.1, -0.05) is 93.6 Å². The summed E-state index contributed by atoms with van der Waals surface area (Å²) in [4.78, 5) is 25.5. The predicted octanol–water partition coefficient (Wildman–Crippen LogP) is 6.02. The van der Waals surface area contributed by atoms with Crippen LogP contribution in [0.3, 0.4) is 0 Å². The van der Waals surface area contributed by atoms with E-state index in [0.717, 1.165) is 27.5 Å². The van der Waals surface area contributed by atoms with Gasteiger partial charge < -0.3 is 15.2 Å². The van der Waals surface area contributed by atoms with Gasteiger partial charge in [0.05, 0.1) is 12.7 Å². The average molecular weight is 482 g/mol. The van der Waals surface area contributed by atoms with Crippen molar-refractivity contribution in [1.82, 2.24) is 5.32 Å². The van der Waals surface area contributed by atoms with Gasteiger partial charge in [-0.2, -0.15) is 0 Å². The topological polar surface area (TPSA) is 75.6 Å². The number of benzene rings is 4. The van der Waals surface area contributed by atoms with E-state index in [0.29, 0.717) is 0 Å². The average Bonchev–Trinajstić information content (AvgIpc) is 2.87. The number of rotatable bonds is 6. The summed E-state index contributed by atoms with van der Waals surface area (Å²) in [7, 11) is 1.29. The van der Waals surface area contributed by atoms with Gasteiger partial charge in [-0.25, -0.2) is 4.79 Å². The first kappa shape index (κ1) is 25.0. The Labute approximate surface area is 211 Å². The van der Waals surface area contributed by atoms with Gasteiger partial charge in [-0.05, 0) is 50.6 Å². The zero-order chi connectivity index (χ0) is 25.9. The van der Waals surface area contributed by atoms with Crippen molar-refractivity contribution in [3.8, 4) is 16.9 Å². The van der Waals surface area contributed by atoms with Crippen LogP contribution in [0.4, 0.5) is 0 Å². The highest BCUT2D eigenvalue weighted by molar-refractivity contribution is 6.02. The molecule has 1 atom stereocenters. The van der Waals surface area contributed by atoms with E-state index in [1.165, 1.54) is 12.7 Å². The number of amides is 1. The third-order valence-electron chi connectivity index (χ3n) is 6.38. The Morgan fingerprint density at radius 3 is 1.97 bits per heavy atom. The first-order valence-corrected chi connectivity index (χ1v) is 12.0. The van der Waals surface area contributed by atoms with Crippen LogP contribution < -0.4 is 5.32 Å². The molecule has 2 N–H and O–H groups in total. The number of carbonyl (C=O) groups is 2. The van der Waals surface area contributed by atoms with Crippen LogP contribution >= 0.6 is 0 Å². The number of hydrogen-bond donors (Lipinski definition) is 2. The van der Waals surface area contributed by atoms with Crippen molar-refractivity contribution in [2.75, 3.05) is 7.11 Å². The van der Waals surface area contributed by atoms with E-state index in [4.69, 9.17) is 4.74 Å². The number of phenolic OH excluding ortho intramolecular Hbond substituents is 1. The number of phenols is 1. The first-order valence-electron chi connectivity index (χ1n) is 12.0. The molecule has 0 aromatic heterocycles. The molecule has 0 aliphatic carbocycles. The molecule has 0 radical (unpaired) electrons. The van der Waals surface area contributed by atoms with E-state index in [-0.39, 0.29) is 23.1 Å². The van der Waals surface area contributed by atoms with E-state index >= 15 is 0 Å². The summed E-state index contributed by atoms with van der Waals surface area (Å²) < 4.78 is 4.94. The van der Waals surface area contributed by atoms with E-state index in [9.17, 15) is 14.7 Å². The lowest BCUT2D eigenvalue weighted by molar-refractivity contribution is -0.142. The van der Waals surface area contributed by atoms with Crippen LogP contribution in [0, 0.1) is 0 Å². The smallest absolute Gasteiger partial charge is 0.328 e. The van der Waals surface area contributed by atoms with Gasteiger partial charge in [0.15, 0.2) is 0 Å². The molecule has 4 rings (SSSR count). The molecule has 1 amide bonds. The molecule has 0 saturated carbocycles. The zero-order valence-corrected chi connectivity index (χ0v) is 21.0. The number of aromatic hydroxyl groups is 1. The summed E-state index contributed by atoms with van der Waals surface area (Å²) in [5, 5.41) is 14.8. The van der Waals surface area contributed by atoms with Crippen LogP contribution in [0.25, 0.3) is 21.9 Å². The van der Waals surface area contributed by atoms with Crippen LogP contribution in [0.5, 0.6) is 5.75 Å². The van der Waals surface area contributed by atoms with Crippen molar-refractivity contribution in [3.05, 3.63) is 102 Å². The Bertz CT molecular complexity index is 1380. The minimum Gasteiger partial charge on any atom is -0.507 e. The van der Waals surface area contributed by atoms with Gasteiger partial charge in [0, 0.05) is 6.42 Å². The summed E-state index contributed by atoms with van der Waals surface area (Å²) in [6.07, 6.45) is 0.260. The molecule has 184 valence electrons. The van der Waals surface area contributed by atoms with Gasteiger partial charge in [0.25, 0.3) is 5.91 Å². The number of esters is 1. The third kappa shape index (κ3) is 5.57. The van der Waals surface area contributed by atoms with Gasteiger partial charge in [-0.3, -0.25) is 4.79 Å². The van der Waals surface area contributed by atoms with Gasteiger partial charge in [0.1, 0.15) is 11.8 Å². The second-order valence-corrected chi connectivity index (χ2v) is 9.99. The molecule has 0 saturated heterocycles. The Hall–Kier alpha value is -4.12. The summed E-state index contributed by atoms with van der Waals surface area (Å²) in [6, 6.07) is 26.1. The highest BCUT2D eigenvalue weighted by Crippen LogP contribution is 2.27. The number of ether oxygens (including phenoxy) is 1.